The maximum Gasteiger partial charge on any atom is 0.500 e. The van der Waals surface area contributed by atoms with Crippen LogP contribution in [0.5, 0.6) is 5.88 Å². The van der Waals surface area contributed by atoms with Gasteiger partial charge in [0, 0.05) is 11.7 Å². The van der Waals surface area contributed by atoms with Crippen molar-refractivity contribution in [2.75, 3.05) is 7.11 Å². The van der Waals surface area contributed by atoms with Crippen LogP contribution in [0.2, 0.25) is 5.02 Å². The molecule has 0 bridgehead atoms. The molecule has 0 unspecified atom stereocenters. The second-order valence-corrected chi connectivity index (χ2v) is 5.78. The summed E-state index contributed by atoms with van der Waals surface area (Å²) in [6, 6.07) is 1.76. The lowest BCUT2D eigenvalue weighted by Gasteiger charge is -2.32. The van der Waals surface area contributed by atoms with Crippen molar-refractivity contribution < 1.29 is 14.0 Å². The fourth-order valence-corrected chi connectivity index (χ4v) is 1.92. The molecule has 1 aromatic heterocycles. The van der Waals surface area contributed by atoms with Crippen LogP contribution < -0.4 is 10.2 Å². The van der Waals surface area contributed by atoms with Crippen molar-refractivity contribution in [2.45, 2.75) is 38.9 Å². The first-order valence-electron chi connectivity index (χ1n) is 5.82. The topological polar surface area (TPSA) is 40.6 Å². The molecule has 0 spiro atoms. The number of methoxy groups -OCH3 is 1. The normalized spacial score (nSPS) is 21.1. The van der Waals surface area contributed by atoms with Crippen molar-refractivity contribution in [1.29, 1.82) is 0 Å². The molecule has 0 N–H and O–H groups in total. The Hall–Kier alpha value is -0.775. The Bertz CT molecular complexity index is 449. The van der Waals surface area contributed by atoms with Crippen molar-refractivity contribution >= 4 is 24.2 Å². The molecule has 4 nitrogen and oxygen atoms in total. The first-order chi connectivity index (χ1) is 8.27. The summed E-state index contributed by atoms with van der Waals surface area (Å²) in [6.07, 6.45) is 1.54. The van der Waals surface area contributed by atoms with Gasteiger partial charge < -0.3 is 14.0 Å². The fraction of sp³-hybridized carbons (Fsp3) is 0.583. The second kappa shape index (κ2) is 4.40. The van der Waals surface area contributed by atoms with E-state index >= 15 is 0 Å². The Morgan fingerprint density at radius 3 is 2.28 bits per heavy atom. The smallest absolute Gasteiger partial charge is 0.481 e. The maximum atomic E-state index is 5.97. The van der Waals surface area contributed by atoms with Gasteiger partial charge in [-0.1, -0.05) is 11.6 Å². The van der Waals surface area contributed by atoms with E-state index in [1.165, 1.54) is 6.20 Å². The largest absolute Gasteiger partial charge is 0.500 e. The zero-order chi connectivity index (χ0) is 13.6. The molecule has 0 saturated carbocycles. The fourth-order valence-electron chi connectivity index (χ4n) is 1.75. The van der Waals surface area contributed by atoms with Crippen LogP contribution >= 0.6 is 11.6 Å². The van der Waals surface area contributed by atoms with Gasteiger partial charge in [-0.25, -0.2) is 4.98 Å². The number of halogens is 1. The summed E-state index contributed by atoms with van der Waals surface area (Å²) >= 11 is 5.97. The van der Waals surface area contributed by atoms with Crippen molar-refractivity contribution in [2.24, 2.45) is 0 Å². The highest BCUT2D eigenvalue weighted by molar-refractivity contribution is 6.63. The van der Waals surface area contributed by atoms with E-state index in [2.05, 4.69) is 4.98 Å². The molecule has 0 aliphatic carbocycles. The summed E-state index contributed by atoms with van der Waals surface area (Å²) in [5, 5.41) is 0.528. The minimum atomic E-state index is -0.517. The van der Waals surface area contributed by atoms with Crippen LogP contribution in [0.4, 0.5) is 0 Å². The van der Waals surface area contributed by atoms with Gasteiger partial charge in [-0.2, -0.15) is 0 Å². The molecular formula is C12H17BClNO3. The first-order valence-corrected chi connectivity index (χ1v) is 6.20. The summed E-state index contributed by atoms with van der Waals surface area (Å²) in [4.78, 5) is 4.12. The van der Waals surface area contributed by atoms with E-state index in [4.69, 9.17) is 25.6 Å². The maximum absolute atomic E-state index is 5.97. The highest BCUT2D eigenvalue weighted by Crippen LogP contribution is 2.37. The third kappa shape index (κ3) is 2.22. The molecule has 0 amide bonds. The molecule has 1 fully saturated rings. The van der Waals surface area contributed by atoms with Crippen LogP contribution in [0, 0.1) is 0 Å². The SMILES string of the molecule is COc1ncc(Cl)cc1B1OC(C)(C)C(C)(C)O1. The number of nitrogens with zero attached hydrogens (tertiary/aromatic N) is 1. The molecule has 1 saturated heterocycles. The van der Waals surface area contributed by atoms with E-state index in [1.54, 1.807) is 13.2 Å². The molecule has 0 aromatic carbocycles. The van der Waals surface area contributed by atoms with Gasteiger partial charge in [-0.3, -0.25) is 0 Å². The zero-order valence-corrected chi connectivity index (χ0v) is 12.0. The molecule has 18 heavy (non-hydrogen) atoms. The minimum Gasteiger partial charge on any atom is -0.481 e. The molecule has 6 heteroatoms. The zero-order valence-electron chi connectivity index (χ0n) is 11.3. The van der Waals surface area contributed by atoms with Crippen LogP contribution in [0.15, 0.2) is 12.3 Å². The Morgan fingerprint density at radius 1 is 1.22 bits per heavy atom. The Balaban J connectivity index is 2.37. The molecule has 1 aliphatic heterocycles. The lowest BCUT2D eigenvalue weighted by atomic mass is 9.80. The standard InChI is InChI=1S/C12H17BClNO3/c1-11(2)12(3,4)18-13(17-11)9-6-8(14)7-15-10(9)16-5/h6-7H,1-5H3. The van der Waals surface area contributed by atoms with Crippen molar-refractivity contribution in [3.63, 3.8) is 0 Å². The number of hydrogen-bond acceptors (Lipinski definition) is 4. The quantitative estimate of drug-likeness (QED) is 0.771. The van der Waals surface area contributed by atoms with Gasteiger partial charge in [0.05, 0.1) is 23.3 Å². The van der Waals surface area contributed by atoms with Gasteiger partial charge in [0.1, 0.15) is 0 Å². The minimum absolute atomic E-state index is 0.398. The summed E-state index contributed by atoms with van der Waals surface area (Å²) in [5.41, 5.74) is -0.0839. The summed E-state index contributed by atoms with van der Waals surface area (Å²) in [6.45, 7) is 7.99. The van der Waals surface area contributed by atoms with Gasteiger partial charge in [-0.15, -0.1) is 0 Å². The van der Waals surface area contributed by atoms with Crippen LogP contribution in [-0.4, -0.2) is 30.4 Å². The average molecular weight is 270 g/mol. The molecule has 0 radical (unpaired) electrons. The third-order valence-corrected chi connectivity index (χ3v) is 3.75. The van der Waals surface area contributed by atoms with E-state index in [0.717, 1.165) is 0 Å². The second-order valence-electron chi connectivity index (χ2n) is 5.34. The van der Waals surface area contributed by atoms with Crippen LogP contribution in [0.1, 0.15) is 27.7 Å². The third-order valence-electron chi connectivity index (χ3n) is 3.55. The summed E-state index contributed by atoms with van der Waals surface area (Å²) in [5.74, 6) is 0.470. The molecule has 1 aromatic rings. The van der Waals surface area contributed by atoms with Crippen molar-refractivity contribution in [3.8, 4) is 5.88 Å². The highest BCUT2D eigenvalue weighted by atomic mass is 35.5. The van der Waals surface area contributed by atoms with E-state index in [-0.39, 0.29) is 0 Å². The van der Waals surface area contributed by atoms with Crippen LogP contribution in [-0.2, 0) is 9.31 Å². The number of pyridine rings is 1. The number of rotatable bonds is 2. The Labute approximate surface area is 113 Å². The van der Waals surface area contributed by atoms with Gasteiger partial charge in [0.15, 0.2) is 0 Å². The molecule has 2 heterocycles. The predicted octanol–water partition coefficient (Wildman–Crippen LogP) is 2.04. The van der Waals surface area contributed by atoms with Gasteiger partial charge >= 0.3 is 7.12 Å². The van der Waals surface area contributed by atoms with Gasteiger partial charge in [-0.05, 0) is 33.8 Å². The van der Waals surface area contributed by atoms with Gasteiger partial charge in [0.25, 0.3) is 0 Å². The predicted molar refractivity (Wildman–Crippen MR) is 71.5 cm³/mol. The van der Waals surface area contributed by atoms with E-state index in [1.807, 2.05) is 27.7 Å². The molecule has 2 rings (SSSR count). The molecule has 1 aliphatic rings. The Kier molecular flexibility index (Phi) is 3.34. The molecular weight excluding hydrogens is 252 g/mol. The molecule has 0 atom stereocenters. The number of ether oxygens (including phenoxy) is 1. The molecule has 98 valence electrons. The highest BCUT2D eigenvalue weighted by Gasteiger charge is 2.52. The summed E-state index contributed by atoms with van der Waals surface area (Å²) < 4.78 is 17.1. The van der Waals surface area contributed by atoms with E-state index in [0.29, 0.717) is 16.4 Å². The number of hydrogen-bond donors (Lipinski definition) is 0. The van der Waals surface area contributed by atoms with Crippen molar-refractivity contribution in [3.05, 3.63) is 17.3 Å². The van der Waals surface area contributed by atoms with Crippen LogP contribution in [0.25, 0.3) is 0 Å². The average Bonchev–Trinajstić information content (AvgIpc) is 2.48. The Morgan fingerprint density at radius 2 is 1.78 bits per heavy atom. The monoisotopic (exact) mass is 269 g/mol. The van der Waals surface area contributed by atoms with Gasteiger partial charge in [0.2, 0.25) is 5.88 Å². The lowest BCUT2D eigenvalue weighted by Crippen LogP contribution is -2.41. The van der Waals surface area contributed by atoms with E-state index in [9.17, 15) is 0 Å². The van der Waals surface area contributed by atoms with E-state index < -0.39 is 18.3 Å². The van der Waals surface area contributed by atoms with Crippen molar-refractivity contribution in [1.82, 2.24) is 4.98 Å². The summed E-state index contributed by atoms with van der Waals surface area (Å²) in [7, 11) is 1.04. The van der Waals surface area contributed by atoms with Crippen LogP contribution in [0.3, 0.4) is 0 Å². The lowest BCUT2D eigenvalue weighted by molar-refractivity contribution is 0.00578. The number of aromatic nitrogens is 1. The first kappa shape index (κ1) is 13.7.